The predicted molar refractivity (Wildman–Crippen MR) is 75.9 cm³/mol. The second-order valence-corrected chi connectivity index (χ2v) is 18.2. The van der Waals surface area contributed by atoms with Gasteiger partial charge in [0.2, 0.25) is 0 Å². The normalized spacial score (nSPS) is 30.6. The van der Waals surface area contributed by atoms with E-state index < -0.39 is 16.1 Å². The van der Waals surface area contributed by atoms with E-state index in [4.69, 9.17) is 0 Å². The minimum absolute atomic E-state index is 0.919. The first-order valence-electron chi connectivity index (χ1n) is 6.36. The Morgan fingerprint density at radius 1 is 0.800 bits per heavy atom. The van der Waals surface area contributed by atoms with Crippen LogP contribution in [-0.2, 0) is 0 Å². The number of rotatable bonds is 2. The van der Waals surface area contributed by atoms with Crippen LogP contribution >= 0.6 is 0 Å². The maximum atomic E-state index is 2.77. The molecule has 0 radical (unpaired) electrons. The third kappa shape index (κ3) is 3.17. The molecular formula is C12H29NSi2. The van der Waals surface area contributed by atoms with E-state index in [0.717, 1.165) is 11.3 Å². The Bertz CT molecular complexity index is 193. The van der Waals surface area contributed by atoms with Gasteiger partial charge < -0.3 is 4.90 Å². The van der Waals surface area contributed by atoms with Crippen molar-refractivity contribution in [2.75, 3.05) is 7.05 Å². The van der Waals surface area contributed by atoms with Crippen molar-refractivity contribution in [3.8, 4) is 0 Å². The van der Waals surface area contributed by atoms with Crippen LogP contribution in [0.1, 0.15) is 19.3 Å². The molecule has 1 saturated heterocycles. The van der Waals surface area contributed by atoms with Crippen molar-refractivity contribution in [3.63, 3.8) is 0 Å². The molecule has 15 heavy (non-hydrogen) atoms. The molecule has 0 amide bonds. The van der Waals surface area contributed by atoms with Crippen LogP contribution in [0.15, 0.2) is 0 Å². The first-order chi connectivity index (χ1) is 6.64. The molecule has 0 aromatic rings. The van der Waals surface area contributed by atoms with E-state index in [1.807, 2.05) is 0 Å². The molecule has 0 saturated carbocycles. The maximum Gasteiger partial charge on any atom is 0.0638 e. The second-order valence-electron chi connectivity index (χ2n) is 7.36. The van der Waals surface area contributed by atoms with E-state index in [9.17, 15) is 0 Å². The molecule has 0 spiro atoms. The highest BCUT2D eigenvalue weighted by atomic mass is 28.3. The zero-order chi connectivity index (χ0) is 11.9. The molecule has 1 nitrogen and oxygen atoms in total. The van der Waals surface area contributed by atoms with Crippen molar-refractivity contribution in [1.29, 1.82) is 0 Å². The molecule has 0 N–H and O–H groups in total. The predicted octanol–water partition coefficient (Wildman–Crippen LogP) is 3.59. The fourth-order valence-electron chi connectivity index (χ4n) is 3.22. The summed E-state index contributed by atoms with van der Waals surface area (Å²) in [6.45, 7) is 15.2. The van der Waals surface area contributed by atoms with Crippen LogP contribution in [0.25, 0.3) is 0 Å². The van der Waals surface area contributed by atoms with Gasteiger partial charge in [-0.2, -0.15) is 0 Å². The van der Waals surface area contributed by atoms with E-state index >= 15 is 0 Å². The van der Waals surface area contributed by atoms with Crippen molar-refractivity contribution in [3.05, 3.63) is 0 Å². The lowest BCUT2D eigenvalue weighted by Gasteiger charge is -2.49. The second kappa shape index (κ2) is 4.34. The summed E-state index contributed by atoms with van der Waals surface area (Å²) in [6.07, 6.45) is 4.37. The van der Waals surface area contributed by atoms with Crippen molar-refractivity contribution in [2.24, 2.45) is 0 Å². The zero-order valence-electron chi connectivity index (χ0n) is 11.7. The molecule has 1 aliphatic heterocycles. The summed E-state index contributed by atoms with van der Waals surface area (Å²) >= 11 is 0. The molecule has 3 heteroatoms. The Morgan fingerprint density at radius 2 is 1.13 bits per heavy atom. The Kier molecular flexibility index (Phi) is 3.89. The van der Waals surface area contributed by atoms with E-state index in [2.05, 4.69) is 51.2 Å². The van der Waals surface area contributed by atoms with E-state index in [1.54, 1.807) is 0 Å². The standard InChI is InChI=1S/C12H29NSi2/c1-13-11(14(2,3)4)9-8-10-12(13)15(5,6)7/h11-12H,8-10H2,1-7H3. The van der Waals surface area contributed by atoms with Gasteiger partial charge in [-0.25, -0.2) is 0 Å². The molecule has 2 atom stereocenters. The summed E-state index contributed by atoms with van der Waals surface area (Å²) in [5.41, 5.74) is 1.84. The highest BCUT2D eigenvalue weighted by Crippen LogP contribution is 2.31. The van der Waals surface area contributed by atoms with Crippen molar-refractivity contribution in [2.45, 2.75) is 69.9 Å². The number of piperidine rings is 1. The molecule has 2 unspecified atom stereocenters. The summed E-state index contributed by atoms with van der Waals surface area (Å²) in [7, 11) is 0.410. The summed E-state index contributed by atoms with van der Waals surface area (Å²) in [4.78, 5) is 2.77. The largest absolute Gasteiger partial charge is 0.306 e. The van der Waals surface area contributed by atoms with Crippen molar-refractivity contribution < 1.29 is 0 Å². The minimum atomic E-state index is -0.992. The average Bonchev–Trinajstić information content (AvgIpc) is 1.99. The molecular weight excluding hydrogens is 214 g/mol. The third-order valence-electron chi connectivity index (χ3n) is 3.94. The van der Waals surface area contributed by atoms with Gasteiger partial charge in [0.25, 0.3) is 0 Å². The Morgan fingerprint density at radius 3 is 1.40 bits per heavy atom. The lowest BCUT2D eigenvalue weighted by atomic mass is 10.1. The average molecular weight is 244 g/mol. The van der Waals surface area contributed by atoms with Crippen LogP contribution in [0, 0.1) is 0 Å². The van der Waals surface area contributed by atoms with Gasteiger partial charge in [0, 0.05) is 11.3 Å². The fourth-order valence-corrected chi connectivity index (χ4v) is 8.31. The van der Waals surface area contributed by atoms with Crippen LogP contribution in [0.4, 0.5) is 0 Å². The fraction of sp³-hybridized carbons (Fsp3) is 1.00. The van der Waals surface area contributed by atoms with Crippen LogP contribution in [0.2, 0.25) is 39.3 Å². The molecule has 0 aromatic carbocycles. The number of hydrogen-bond donors (Lipinski definition) is 0. The van der Waals surface area contributed by atoms with Gasteiger partial charge in [0.15, 0.2) is 0 Å². The number of nitrogens with zero attached hydrogens (tertiary/aromatic N) is 1. The maximum absolute atomic E-state index is 2.77. The Hall–Kier alpha value is 0.394. The molecule has 1 rings (SSSR count). The van der Waals surface area contributed by atoms with Gasteiger partial charge in [0.05, 0.1) is 16.1 Å². The van der Waals surface area contributed by atoms with Crippen molar-refractivity contribution >= 4 is 16.1 Å². The van der Waals surface area contributed by atoms with Gasteiger partial charge >= 0.3 is 0 Å². The summed E-state index contributed by atoms with van der Waals surface area (Å²) in [6, 6.07) is 0. The molecule has 0 aliphatic carbocycles. The highest BCUT2D eigenvalue weighted by molar-refractivity contribution is 6.79. The Labute approximate surface area is 98.3 Å². The smallest absolute Gasteiger partial charge is 0.0638 e. The number of likely N-dealkylation sites (tertiary alicyclic amines) is 1. The van der Waals surface area contributed by atoms with Gasteiger partial charge in [-0.1, -0.05) is 45.7 Å². The monoisotopic (exact) mass is 243 g/mol. The van der Waals surface area contributed by atoms with E-state index in [-0.39, 0.29) is 0 Å². The van der Waals surface area contributed by atoms with Crippen molar-refractivity contribution in [1.82, 2.24) is 4.90 Å². The minimum Gasteiger partial charge on any atom is -0.306 e. The summed E-state index contributed by atoms with van der Waals surface area (Å²) < 4.78 is 0. The van der Waals surface area contributed by atoms with E-state index in [1.165, 1.54) is 19.3 Å². The van der Waals surface area contributed by atoms with Crippen LogP contribution in [-0.4, -0.2) is 39.4 Å². The van der Waals surface area contributed by atoms with E-state index in [0.29, 0.717) is 0 Å². The third-order valence-corrected chi connectivity index (χ3v) is 9.33. The first kappa shape index (κ1) is 13.5. The van der Waals surface area contributed by atoms with Gasteiger partial charge in [-0.05, 0) is 19.9 Å². The van der Waals surface area contributed by atoms with Gasteiger partial charge in [-0.3, -0.25) is 0 Å². The highest BCUT2D eigenvalue weighted by Gasteiger charge is 2.40. The van der Waals surface area contributed by atoms with Gasteiger partial charge in [0.1, 0.15) is 0 Å². The first-order valence-corrected chi connectivity index (χ1v) is 13.5. The summed E-state index contributed by atoms with van der Waals surface area (Å²) in [5, 5.41) is 0. The molecule has 90 valence electrons. The SMILES string of the molecule is CN1C([Si](C)(C)C)CCCC1[Si](C)(C)C. The molecule has 1 fully saturated rings. The van der Waals surface area contributed by atoms with Crippen LogP contribution in [0.5, 0.6) is 0 Å². The lowest BCUT2D eigenvalue weighted by Crippen LogP contribution is -2.61. The number of hydrogen-bond acceptors (Lipinski definition) is 1. The zero-order valence-corrected chi connectivity index (χ0v) is 13.7. The molecule has 1 heterocycles. The topological polar surface area (TPSA) is 3.24 Å². The molecule has 0 aromatic heterocycles. The summed E-state index contributed by atoms with van der Waals surface area (Å²) in [5.74, 6) is 0. The molecule has 1 aliphatic rings. The Balaban J connectivity index is 2.81. The van der Waals surface area contributed by atoms with Gasteiger partial charge in [-0.15, -0.1) is 0 Å². The quantitative estimate of drug-likeness (QED) is 0.670. The lowest BCUT2D eigenvalue weighted by molar-refractivity contribution is 0.201. The van der Waals surface area contributed by atoms with Crippen LogP contribution in [0.3, 0.4) is 0 Å². The van der Waals surface area contributed by atoms with Crippen LogP contribution < -0.4 is 0 Å². The molecule has 0 bridgehead atoms.